The fourth-order valence-corrected chi connectivity index (χ4v) is 4.04. The molecule has 0 saturated carbocycles. The third-order valence-electron chi connectivity index (χ3n) is 4.59. The van der Waals surface area contributed by atoms with Gasteiger partial charge in [-0.25, -0.2) is 0 Å². The smallest absolute Gasteiger partial charge is 0.302 e. The van der Waals surface area contributed by atoms with E-state index >= 15 is 0 Å². The number of carbonyl (C=O) groups is 2. The van der Waals surface area contributed by atoms with Crippen LogP contribution in [-0.4, -0.2) is 40.9 Å². The fraction of sp³-hybridized carbons (Fsp3) is 0.545. The first-order valence-corrected chi connectivity index (χ1v) is 10.4. The number of phenolic OH excluding ortho intramolecular Hbond substituents is 1. The molecule has 0 unspecified atom stereocenters. The lowest BCUT2D eigenvalue weighted by atomic mass is 9.78. The molecule has 1 heterocycles. The summed E-state index contributed by atoms with van der Waals surface area (Å²) in [7, 11) is 0. The van der Waals surface area contributed by atoms with Gasteiger partial charge in [0.25, 0.3) is 5.91 Å². The number of aromatic hydroxyl groups is 1. The zero-order valence-corrected chi connectivity index (χ0v) is 18.7. The van der Waals surface area contributed by atoms with Crippen LogP contribution in [-0.2, 0) is 25.2 Å². The molecule has 6 heteroatoms. The van der Waals surface area contributed by atoms with Crippen LogP contribution < -0.4 is 0 Å². The minimum atomic E-state index is -0.344. The lowest BCUT2D eigenvalue weighted by molar-refractivity contribution is -0.142. The average molecular weight is 406 g/mol. The van der Waals surface area contributed by atoms with Crippen molar-refractivity contribution in [2.75, 3.05) is 19.0 Å². The Bertz CT molecular complexity index is 765. The number of hydrogen-bond donors (Lipinski definition) is 1. The Hall–Kier alpha value is -1.95. The van der Waals surface area contributed by atoms with Crippen LogP contribution in [0, 0.1) is 0 Å². The monoisotopic (exact) mass is 405 g/mol. The van der Waals surface area contributed by atoms with E-state index in [0.29, 0.717) is 23.1 Å². The Morgan fingerprint density at radius 3 is 2.18 bits per heavy atom. The molecule has 1 amide bonds. The minimum Gasteiger partial charge on any atom is -0.507 e. The lowest BCUT2D eigenvalue weighted by Gasteiger charge is -2.28. The molecular weight excluding hydrogens is 374 g/mol. The van der Waals surface area contributed by atoms with E-state index in [-0.39, 0.29) is 29.3 Å². The van der Waals surface area contributed by atoms with Crippen LogP contribution in [0.15, 0.2) is 17.0 Å². The molecule has 0 bridgehead atoms. The largest absolute Gasteiger partial charge is 0.507 e. The molecule has 0 spiro atoms. The van der Waals surface area contributed by atoms with Gasteiger partial charge in [0.05, 0.1) is 17.3 Å². The minimum absolute atomic E-state index is 0.0557. The van der Waals surface area contributed by atoms with Crippen LogP contribution in [0.1, 0.15) is 65.2 Å². The van der Waals surface area contributed by atoms with Gasteiger partial charge in [-0.15, -0.1) is 0 Å². The number of esters is 1. The number of rotatable bonds is 4. The van der Waals surface area contributed by atoms with E-state index in [9.17, 15) is 14.7 Å². The first kappa shape index (κ1) is 22.3. The Morgan fingerprint density at radius 1 is 1.18 bits per heavy atom. The molecule has 0 aliphatic carbocycles. The van der Waals surface area contributed by atoms with Crippen LogP contribution in [0.3, 0.4) is 0 Å². The third kappa shape index (κ3) is 5.31. The predicted octanol–water partition coefficient (Wildman–Crippen LogP) is 4.42. The van der Waals surface area contributed by atoms with Gasteiger partial charge in [0.15, 0.2) is 0 Å². The quantitative estimate of drug-likeness (QED) is 0.593. The highest BCUT2D eigenvalue weighted by Crippen LogP contribution is 2.41. The summed E-state index contributed by atoms with van der Waals surface area (Å²) >= 11 is 1.48. The van der Waals surface area contributed by atoms with Gasteiger partial charge >= 0.3 is 5.97 Å². The third-order valence-corrected chi connectivity index (χ3v) is 5.63. The maximum atomic E-state index is 12.7. The van der Waals surface area contributed by atoms with Crippen molar-refractivity contribution in [3.05, 3.63) is 33.7 Å². The predicted molar refractivity (Wildman–Crippen MR) is 114 cm³/mol. The zero-order valence-electron chi connectivity index (χ0n) is 17.9. The van der Waals surface area contributed by atoms with Gasteiger partial charge in [0, 0.05) is 18.1 Å². The van der Waals surface area contributed by atoms with E-state index in [4.69, 9.17) is 4.74 Å². The highest BCUT2D eigenvalue weighted by molar-refractivity contribution is 8.04. The first-order valence-electron chi connectivity index (χ1n) is 9.46. The van der Waals surface area contributed by atoms with Crippen LogP contribution in [0.5, 0.6) is 5.75 Å². The number of nitrogens with zero attached hydrogens (tertiary/aromatic N) is 1. The molecule has 154 valence electrons. The summed E-state index contributed by atoms with van der Waals surface area (Å²) < 4.78 is 4.94. The Balaban J connectivity index is 2.35. The number of thioether (sulfide) groups is 1. The summed E-state index contributed by atoms with van der Waals surface area (Å²) in [5, 5.41) is 10.8. The van der Waals surface area contributed by atoms with Crippen molar-refractivity contribution < 1.29 is 19.4 Å². The maximum absolute atomic E-state index is 12.7. The molecule has 1 saturated heterocycles. The van der Waals surface area contributed by atoms with E-state index in [0.717, 1.165) is 16.7 Å². The molecule has 0 aromatic heterocycles. The summed E-state index contributed by atoms with van der Waals surface area (Å²) in [6.07, 6.45) is 1.89. The molecule has 1 aliphatic heterocycles. The summed E-state index contributed by atoms with van der Waals surface area (Å²) in [5.41, 5.74) is 2.21. The highest BCUT2D eigenvalue weighted by Gasteiger charge is 2.29. The second-order valence-electron chi connectivity index (χ2n) is 9.16. The van der Waals surface area contributed by atoms with Gasteiger partial charge < -0.3 is 14.7 Å². The number of amides is 1. The fourth-order valence-electron chi connectivity index (χ4n) is 3.03. The number of phenols is 1. The SMILES string of the molecule is CC(=O)OCCN1CSC(=Cc2cc(C(C)(C)C)c(O)c(C(C)(C)C)c2)C1=O. The molecule has 1 aromatic carbocycles. The molecule has 1 aromatic rings. The molecule has 0 atom stereocenters. The summed E-state index contributed by atoms with van der Waals surface area (Å²) in [5.74, 6) is 0.474. The molecule has 1 N–H and O–H groups in total. The normalized spacial score (nSPS) is 16.8. The van der Waals surface area contributed by atoms with Crippen molar-refractivity contribution in [1.82, 2.24) is 4.90 Å². The standard InChI is InChI=1S/C22H31NO4S/c1-14(24)27-9-8-23-13-28-18(20(23)26)12-15-10-16(21(2,3)4)19(25)17(11-15)22(5,6)7/h10-12,25H,8-9,13H2,1-7H3. The maximum Gasteiger partial charge on any atom is 0.302 e. The van der Waals surface area contributed by atoms with Crippen molar-refractivity contribution in [3.63, 3.8) is 0 Å². The molecule has 1 aliphatic rings. The van der Waals surface area contributed by atoms with Gasteiger partial charge in [0.2, 0.25) is 0 Å². The van der Waals surface area contributed by atoms with Crippen molar-refractivity contribution in [3.8, 4) is 5.75 Å². The highest BCUT2D eigenvalue weighted by atomic mass is 32.2. The molecule has 1 fully saturated rings. The van der Waals surface area contributed by atoms with E-state index in [1.165, 1.54) is 18.7 Å². The van der Waals surface area contributed by atoms with Crippen LogP contribution in [0.2, 0.25) is 0 Å². The van der Waals surface area contributed by atoms with Crippen molar-refractivity contribution in [2.24, 2.45) is 0 Å². The second kappa shape index (κ2) is 8.19. The number of hydrogen-bond acceptors (Lipinski definition) is 5. The van der Waals surface area contributed by atoms with Gasteiger partial charge in [-0.1, -0.05) is 53.3 Å². The zero-order chi connectivity index (χ0) is 21.3. The molecule has 5 nitrogen and oxygen atoms in total. The number of benzene rings is 1. The van der Waals surface area contributed by atoms with Gasteiger partial charge in [0.1, 0.15) is 12.4 Å². The Kier molecular flexibility index (Phi) is 6.54. The summed E-state index contributed by atoms with van der Waals surface area (Å²) in [6.45, 7) is 14.4. The average Bonchev–Trinajstić information content (AvgIpc) is 2.87. The van der Waals surface area contributed by atoms with Gasteiger partial charge in [-0.2, -0.15) is 0 Å². The summed E-state index contributed by atoms with van der Waals surface area (Å²) in [6, 6.07) is 3.93. The van der Waals surface area contributed by atoms with E-state index in [2.05, 4.69) is 41.5 Å². The van der Waals surface area contributed by atoms with E-state index in [1.54, 1.807) is 4.90 Å². The van der Waals surface area contributed by atoms with Gasteiger partial charge in [-0.05, 0) is 34.6 Å². The van der Waals surface area contributed by atoms with Crippen LogP contribution in [0.25, 0.3) is 6.08 Å². The topological polar surface area (TPSA) is 66.8 Å². The Labute approximate surface area is 172 Å². The van der Waals surface area contributed by atoms with E-state index < -0.39 is 0 Å². The van der Waals surface area contributed by atoms with Crippen LogP contribution >= 0.6 is 11.8 Å². The Morgan fingerprint density at radius 2 is 1.71 bits per heavy atom. The second-order valence-corrected chi connectivity index (χ2v) is 10.1. The first-order chi connectivity index (χ1) is 12.8. The molecular formula is C22H31NO4S. The lowest BCUT2D eigenvalue weighted by Crippen LogP contribution is -2.29. The van der Waals surface area contributed by atoms with Crippen molar-refractivity contribution in [2.45, 2.75) is 59.3 Å². The van der Waals surface area contributed by atoms with Crippen molar-refractivity contribution in [1.29, 1.82) is 0 Å². The van der Waals surface area contributed by atoms with Crippen LogP contribution in [0.4, 0.5) is 0 Å². The number of carbonyl (C=O) groups excluding carboxylic acids is 2. The molecule has 0 radical (unpaired) electrons. The molecule has 2 rings (SSSR count). The van der Waals surface area contributed by atoms with E-state index in [1.807, 2.05) is 18.2 Å². The number of ether oxygens (including phenoxy) is 1. The summed E-state index contributed by atoms with van der Waals surface area (Å²) in [4.78, 5) is 25.9. The molecule has 28 heavy (non-hydrogen) atoms. The van der Waals surface area contributed by atoms with Gasteiger partial charge in [-0.3, -0.25) is 9.59 Å². The van der Waals surface area contributed by atoms with Crippen molar-refractivity contribution >= 4 is 29.7 Å².